The van der Waals surface area contributed by atoms with Crippen molar-refractivity contribution in [3.63, 3.8) is 0 Å². The largest absolute Gasteiger partial charge is 0.361 e. The van der Waals surface area contributed by atoms with Crippen LogP contribution in [0.2, 0.25) is 5.02 Å². The quantitative estimate of drug-likeness (QED) is 0.384. The van der Waals surface area contributed by atoms with Gasteiger partial charge < -0.3 is 10.3 Å². The Bertz CT molecular complexity index is 1220. The number of hydrogen-bond acceptors (Lipinski definition) is 2. The summed E-state index contributed by atoms with van der Waals surface area (Å²) >= 11 is 6.15. The summed E-state index contributed by atoms with van der Waals surface area (Å²) < 4.78 is 15.8. The lowest BCUT2D eigenvalue weighted by atomic mass is 10.1. The molecule has 2 N–H and O–H groups in total. The fourth-order valence-corrected chi connectivity index (χ4v) is 4.07. The van der Waals surface area contributed by atoms with Crippen LogP contribution in [0, 0.1) is 19.7 Å². The number of fused-ring (bicyclic) bond motifs is 1. The predicted molar refractivity (Wildman–Crippen MR) is 122 cm³/mol. The van der Waals surface area contributed by atoms with E-state index in [1.807, 2.05) is 38.2 Å². The number of anilines is 1. The van der Waals surface area contributed by atoms with Gasteiger partial charge in [-0.1, -0.05) is 35.9 Å². The van der Waals surface area contributed by atoms with Crippen molar-refractivity contribution < 1.29 is 9.18 Å². The van der Waals surface area contributed by atoms with Crippen LogP contribution in [0.1, 0.15) is 35.4 Å². The highest BCUT2D eigenvalue weighted by Crippen LogP contribution is 2.25. The van der Waals surface area contributed by atoms with Gasteiger partial charge in [-0.15, -0.1) is 0 Å². The molecule has 0 atom stereocenters. The lowest BCUT2D eigenvalue weighted by molar-refractivity contribution is -0.116. The molecule has 0 aliphatic carbocycles. The van der Waals surface area contributed by atoms with E-state index in [1.165, 1.54) is 17.0 Å². The average molecular weight is 439 g/mol. The number of para-hydroxylation sites is 1. The normalized spacial score (nSPS) is 11.2. The molecule has 4 rings (SSSR count). The third kappa shape index (κ3) is 4.49. The molecule has 2 aromatic heterocycles. The molecule has 0 saturated carbocycles. The monoisotopic (exact) mass is 438 g/mol. The molecule has 1 amide bonds. The fraction of sp³-hybridized carbons (Fsp3) is 0.250. The number of aromatic amines is 1. The molecule has 2 aromatic carbocycles. The first-order chi connectivity index (χ1) is 14.9. The highest BCUT2D eigenvalue weighted by molar-refractivity contribution is 6.31. The van der Waals surface area contributed by atoms with Crippen molar-refractivity contribution in [2.24, 2.45) is 0 Å². The molecule has 0 aliphatic rings. The Morgan fingerprint density at radius 1 is 1.19 bits per heavy atom. The maximum atomic E-state index is 14.1. The number of halogens is 2. The Balaban J connectivity index is 1.39. The maximum Gasteiger partial charge on any atom is 0.224 e. The minimum absolute atomic E-state index is 0.0606. The first-order valence-electron chi connectivity index (χ1n) is 10.3. The minimum atomic E-state index is -0.372. The van der Waals surface area contributed by atoms with Crippen LogP contribution in [0.3, 0.4) is 0 Å². The van der Waals surface area contributed by atoms with E-state index in [2.05, 4.69) is 21.5 Å². The van der Waals surface area contributed by atoms with Gasteiger partial charge in [-0.2, -0.15) is 5.10 Å². The summed E-state index contributed by atoms with van der Waals surface area (Å²) in [6, 6.07) is 12.8. The summed E-state index contributed by atoms with van der Waals surface area (Å²) in [5, 5.41) is 9.00. The standard InChI is InChI=1S/C24H24ClFN4O/c1-15-24(16(2)30(29-15)14-19-20(25)9-6-10-21(19)26)28-23(31)12-5-7-17-13-27-22-11-4-3-8-18(17)22/h3-4,6,8-11,13,27H,5,7,12,14H2,1-2H3,(H,28,31). The van der Waals surface area contributed by atoms with Crippen molar-refractivity contribution in [2.75, 3.05) is 5.32 Å². The molecule has 0 aliphatic heterocycles. The summed E-state index contributed by atoms with van der Waals surface area (Å²) in [6.07, 6.45) is 3.97. The number of aromatic nitrogens is 3. The molecular formula is C24H24ClFN4O. The molecule has 4 aromatic rings. The molecule has 0 saturated heterocycles. The Morgan fingerprint density at radius 3 is 2.81 bits per heavy atom. The average Bonchev–Trinajstić information content (AvgIpc) is 3.27. The first kappa shape index (κ1) is 21.1. The van der Waals surface area contributed by atoms with Crippen molar-refractivity contribution in [3.8, 4) is 0 Å². The van der Waals surface area contributed by atoms with Gasteiger partial charge in [0.2, 0.25) is 5.91 Å². The van der Waals surface area contributed by atoms with Gasteiger partial charge in [-0.05, 0) is 50.5 Å². The highest BCUT2D eigenvalue weighted by Gasteiger charge is 2.17. The number of rotatable bonds is 7. The number of carbonyl (C=O) groups excluding carboxylic acids is 1. The van der Waals surface area contributed by atoms with E-state index in [1.54, 1.807) is 16.8 Å². The van der Waals surface area contributed by atoms with E-state index in [4.69, 9.17) is 11.6 Å². The van der Waals surface area contributed by atoms with Crippen molar-refractivity contribution in [3.05, 3.63) is 82.0 Å². The number of carbonyl (C=O) groups is 1. The van der Waals surface area contributed by atoms with E-state index in [0.717, 1.165) is 24.1 Å². The molecule has 2 heterocycles. The number of benzene rings is 2. The number of nitrogens with one attached hydrogen (secondary N) is 2. The summed E-state index contributed by atoms with van der Waals surface area (Å²) in [5.74, 6) is -0.433. The van der Waals surface area contributed by atoms with Gasteiger partial charge in [0, 0.05) is 34.1 Å². The molecular weight excluding hydrogens is 415 g/mol. The van der Waals surface area contributed by atoms with Gasteiger partial charge in [0.15, 0.2) is 0 Å². The van der Waals surface area contributed by atoms with E-state index >= 15 is 0 Å². The third-order valence-corrected chi connectivity index (χ3v) is 5.89. The lowest BCUT2D eigenvalue weighted by Gasteiger charge is -2.09. The van der Waals surface area contributed by atoms with E-state index in [9.17, 15) is 9.18 Å². The second-order valence-electron chi connectivity index (χ2n) is 7.66. The zero-order valence-electron chi connectivity index (χ0n) is 17.5. The van der Waals surface area contributed by atoms with E-state index < -0.39 is 0 Å². The van der Waals surface area contributed by atoms with Crippen molar-refractivity contribution in [2.45, 2.75) is 39.7 Å². The minimum Gasteiger partial charge on any atom is -0.361 e. The van der Waals surface area contributed by atoms with Gasteiger partial charge in [0.25, 0.3) is 0 Å². The number of nitrogens with zero attached hydrogens (tertiary/aromatic N) is 2. The van der Waals surface area contributed by atoms with Crippen LogP contribution in [0.25, 0.3) is 10.9 Å². The van der Waals surface area contributed by atoms with Crippen LogP contribution < -0.4 is 5.32 Å². The molecule has 5 nitrogen and oxygen atoms in total. The number of amides is 1. The zero-order chi connectivity index (χ0) is 22.0. The fourth-order valence-electron chi connectivity index (χ4n) is 3.84. The van der Waals surface area contributed by atoms with Crippen LogP contribution in [0.5, 0.6) is 0 Å². The molecule has 7 heteroatoms. The molecule has 160 valence electrons. The molecule has 31 heavy (non-hydrogen) atoms. The predicted octanol–water partition coefficient (Wildman–Crippen LogP) is 5.78. The summed E-state index contributed by atoms with van der Waals surface area (Å²) in [5.41, 5.74) is 4.83. The number of hydrogen-bond donors (Lipinski definition) is 2. The van der Waals surface area contributed by atoms with Crippen LogP contribution in [-0.4, -0.2) is 20.7 Å². The molecule has 0 spiro atoms. The highest BCUT2D eigenvalue weighted by atomic mass is 35.5. The second kappa shape index (κ2) is 8.94. The van der Waals surface area contributed by atoms with Crippen molar-refractivity contribution in [1.29, 1.82) is 0 Å². The summed E-state index contributed by atoms with van der Waals surface area (Å²) in [7, 11) is 0. The van der Waals surface area contributed by atoms with Crippen LogP contribution in [-0.2, 0) is 17.8 Å². The Kier molecular flexibility index (Phi) is 6.09. The number of aryl methyl sites for hydroxylation is 2. The topological polar surface area (TPSA) is 62.7 Å². The van der Waals surface area contributed by atoms with Gasteiger partial charge in [-0.25, -0.2) is 4.39 Å². The molecule has 0 radical (unpaired) electrons. The van der Waals surface area contributed by atoms with Crippen LogP contribution in [0.4, 0.5) is 10.1 Å². The van der Waals surface area contributed by atoms with Crippen LogP contribution >= 0.6 is 11.6 Å². The Morgan fingerprint density at radius 2 is 2.00 bits per heavy atom. The summed E-state index contributed by atoms with van der Waals surface area (Å²) in [4.78, 5) is 15.8. The van der Waals surface area contributed by atoms with Gasteiger partial charge in [-0.3, -0.25) is 9.48 Å². The van der Waals surface area contributed by atoms with Crippen molar-refractivity contribution in [1.82, 2.24) is 14.8 Å². The molecule has 0 fully saturated rings. The second-order valence-corrected chi connectivity index (χ2v) is 8.07. The Hall–Kier alpha value is -3.12. The van der Waals surface area contributed by atoms with Gasteiger partial charge in [0.05, 0.1) is 23.6 Å². The van der Waals surface area contributed by atoms with Gasteiger partial charge in [0.1, 0.15) is 5.82 Å². The maximum absolute atomic E-state index is 14.1. The Labute approximate surface area is 185 Å². The third-order valence-electron chi connectivity index (χ3n) is 5.54. The van der Waals surface area contributed by atoms with Crippen molar-refractivity contribution >= 4 is 34.1 Å². The van der Waals surface area contributed by atoms with Crippen LogP contribution in [0.15, 0.2) is 48.7 Å². The first-order valence-corrected chi connectivity index (χ1v) is 10.6. The molecule has 0 unspecified atom stereocenters. The molecule has 0 bridgehead atoms. The van der Waals surface area contributed by atoms with E-state index in [0.29, 0.717) is 28.4 Å². The summed E-state index contributed by atoms with van der Waals surface area (Å²) in [6.45, 7) is 3.89. The smallest absolute Gasteiger partial charge is 0.224 e. The van der Waals surface area contributed by atoms with Gasteiger partial charge >= 0.3 is 0 Å². The number of H-pyrrole nitrogens is 1. The van der Waals surface area contributed by atoms with E-state index in [-0.39, 0.29) is 18.3 Å². The SMILES string of the molecule is Cc1nn(Cc2c(F)cccc2Cl)c(C)c1NC(=O)CCCc1c[nH]c2ccccc12. The zero-order valence-corrected chi connectivity index (χ0v) is 18.3. The lowest BCUT2D eigenvalue weighted by Crippen LogP contribution is -2.13.